The molecular formula is C20H48O11Si3. The van der Waals surface area contributed by atoms with Gasteiger partial charge in [0, 0.05) is 87.2 Å². The fraction of sp³-hybridized carbons (Fsp3) is 1.00. The molecule has 0 N–H and O–H groups in total. The fourth-order valence-electron chi connectivity index (χ4n) is 3.19. The van der Waals surface area contributed by atoms with E-state index in [4.69, 9.17) is 49.3 Å². The molecule has 0 amide bonds. The Labute approximate surface area is 209 Å². The number of hydrogen-bond donors (Lipinski definition) is 0. The molecule has 14 heteroatoms. The molecule has 1 atom stereocenters. The number of rotatable bonds is 21. The second-order valence-corrected chi connectivity index (χ2v) is 16.1. The summed E-state index contributed by atoms with van der Waals surface area (Å²) >= 11 is 0. The summed E-state index contributed by atoms with van der Waals surface area (Å²) in [7, 11) is 1.84. The van der Waals surface area contributed by atoms with Gasteiger partial charge in [-0.05, 0) is 27.2 Å². The Bertz CT molecular complexity index is 425. The average molecular weight is 549 g/mol. The Hall–Kier alpha value is 0.211. The second kappa shape index (κ2) is 19.3. The SMILES string of the molecule is CCO[Si](CCCOCC1CO1)(OCC)OCC.CO[Si](CC[Si](OC)(OC)OC)(OC)OC. The Balaban J connectivity index is 0.000000646. The molecule has 0 aromatic rings. The predicted molar refractivity (Wildman–Crippen MR) is 134 cm³/mol. The van der Waals surface area contributed by atoms with E-state index in [-0.39, 0.29) is 0 Å². The number of epoxide rings is 1. The maximum Gasteiger partial charge on any atom is 0.501 e. The van der Waals surface area contributed by atoms with Crippen molar-refractivity contribution >= 4 is 26.4 Å². The van der Waals surface area contributed by atoms with Gasteiger partial charge in [-0.25, -0.2) is 0 Å². The van der Waals surface area contributed by atoms with Crippen LogP contribution in [0.4, 0.5) is 0 Å². The summed E-state index contributed by atoms with van der Waals surface area (Å²) in [5.74, 6) is 0. The van der Waals surface area contributed by atoms with Gasteiger partial charge in [0.2, 0.25) is 0 Å². The van der Waals surface area contributed by atoms with Crippen LogP contribution in [0.15, 0.2) is 0 Å². The molecule has 1 heterocycles. The van der Waals surface area contributed by atoms with Gasteiger partial charge in [-0.2, -0.15) is 0 Å². The van der Waals surface area contributed by atoms with Crippen molar-refractivity contribution in [3.8, 4) is 0 Å². The van der Waals surface area contributed by atoms with Crippen LogP contribution in [0.3, 0.4) is 0 Å². The zero-order valence-electron chi connectivity index (χ0n) is 22.6. The molecule has 0 aliphatic carbocycles. The maximum absolute atomic E-state index is 5.76. The fourth-order valence-corrected chi connectivity index (χ4v) is 10.4. The lowest BCUT2D eigenvalue weighted by molar-refractivity contribution is 0.0648. The normalized spacial score (nSPS) is 16.3. The van der Waals surface area contributed by atoms with Crippen LogP contribution in [0.5, 0.6) is 0 Å². The molecule has 0 aromatic carbocycles. The Kier molecular flexibility index (Phi) is 19.5. The molecule has 1 fully saturated rings. The topological polar surface area (TPSA) is 105 Å². The van der Waals surface area contributed by atoms with Crippen LogP contribution in [0.2, 0.25) is 18.1 Å². The van der Waals surface area contributed by atoms with Crippen molar-refractivity contribution in [2.75, 3.05) is 82.3 Å². The maximum atomic E-state index is 5.76. The van der Waals surface area contributed by atoms with Crippen LogP contribution in [0, 0.1) is 0 Å². The lowest BCUT2D eigenvalue weighted by Gasteiger charge is -2.29. The molecule has 0 radical (unpaired) electrons. The van der Waals surface area contributed by atoms with E-state index in [1.807, 2.05) is 20.8 Å². The first-order chi connectivity index (χ1) is 16.3. The Morgan fingerprint density at radius 3 is 1.29 bits per heavy atom. The molecule has 11 nitrogen and oxygen atoms in total. The van der Waals surface area contributed by atoms with E-state index in [9.17, 15) is 0 Å². The van der Waals surface area contributed by atoms with Gasteiger partial charge in [-0.3, -0.25) is 0 Å². The van der Waals surface area contributed by atoms with Gasteiger partial charge in [0.05, 0.1) is 13.2 Å². The summed E-state index contributed by atoms with van der Waals surface area (Å²) < 4.78 is 59.8. The molecule has 1 aliphatic heterocycles. The minimum atomic E-state index is -2.58. The molecular weight excluding hydrogens is 500 g/mol. The summed E-state index contributed by atoms with van der Waals surface area (Å²) in [6.45, 7) is 10.1. The quantitative estimate of drug-likeness (QED) is 0.120. The highest BCUT2D eigenvalue weighted by Crippen LogP contribution is 2.23. The van der Waals surface area contributed by atoms with Crippen molar-refractivity contribution in [1.82, 2.24) is 0 Å². The van der Waals surface area contributed by atoms with Gasteiger partial charge in [-0.15, -0.1) is 0 Å². The monoisotopic (exact) mass is 548 g/mol. The largest absolute Gasteiger partial charge is 0.501 e. The van der Waals surface area contributed by atoms with Crippen molar-refractivity contribution in [2.24, 2.45) is 0 Å². The first-order valence-corrected chi connectivity index (χ1v) is 17.5. The highest BCUT2D eigenvalue weighted by Gasteiger charge is 2.46. The summed E-state index contributed by atoms with van der Waals surface area (Å²) in [5, 5.41) is 0. The molecule has 206 valence electrons. The zero-order valence-corrected chi connectivity index (χ0v) is 25.6. The van der Waals surface area contributed by atoms with Gasteiger partial charge in [-0.1, -0.05) is 0 Å². The summed E-state index contributed by atoms with van der Waals surface area (Å²) in [5.41, 5.74) is 0. The van der Waals surface area contributed by atoms with Gasteiger partial charge in [0.25, 0.3) is 0 Å². The Morgan fingerprint density at radius 2 is 1.00 bits per heavy atom. The lowest BCUT2D eigenvalue weighted by Crippen LogP contribution is -2.48. The van der Waals surface area contributed by atoms with Crippen LogP contribution in [0.1, 0.15) is 27.2 Å². The third-order valence-electron chi connectivity index (χ3n) is 5.17. The minimum Gasteiger partial charge on any atom is -0.379 e. The smallest absolute Gasteiger partial charge is 0.379 e. The van der Waals surface area contributed by atoms with Crippen molar-refractivity contribution in [3.63, 3.8) is 0 Å². The van der Waals surface area contributed by atoms with E-state index in [0.717, 1.165) is 19.1 Å². The highest BCUT2D eigenvalue weighted by molar-refractivity contribution is 6.66. The first-order valence-electron chi connectivity index (χ1n) is 11.8. The molecule has 0 spiro atoms. The predicted octanol–water partition coefficient (Wildman–Crippen LogP) is 2.58. The molecule has 1 unspecified atom stereocenters. The van der Waals surface area contributed by atoms with Crippen molar-refractivity contribution in [1.29, 1.82) is 0 Å². The molecule has 1 rings (SSSR count). The molecule has 0 saturated carbocycles. The summed E-state index contributed by atoms with van der Waals surface area (Å²) in [4.78, 5) is 0. The van der Waals surface area contributed by atoms with Gasteiger partial charge < -0.3 is 49.3 Å². The standard InChI is InChI=1S/C12H26O5Si.C8H22O6Si2/c1-4-15-18(16-5-2,17-6-3)9-7-8-13-10-12-11-14-12;1-9-15(10-2,11-3)7-8-16(12-4,13-5)14-6/h12H,4-11H2,1-3H3;7-8H2,1-6H3. The summed E-state index contributed by atoms with van der Waals surface area (Å²) in [6.07, 6.45) is 1.23. The van der Waals surface area contributed by atoms with Crippen LogP contribution >= 0.6 is 0 Å². The van der Waals surface area contributed by atoms with Crippen LogP contribution in [0.25, 0.3) is 0 Å². The molecule has 0 aromatic heterocycles. The molecule has 1 aliphatic rings. The molecule has 1 saturated heterocycles. The van der Waals surface area contributed by atoms with Gasteiger partial charge in [0.1, 0.15) is 6.10 Å². The first kappa shape index (κ1) is 34.2. The number of ether oxygens (including phenoxy) is 2. The van der Waals surface area contributed by atoms with E-state index in [1.54, 1.807) is 42.7 Å². The third-order valence-corrected chi connectivity index (χ3v) is 14.3. The van der Waals surface area contributed by atoms with Crippen LogP contribution < -0.4 is 0 Å². The van der Waals surface area contributed by atoms with Gasteiger partial charge >= 0.3 is 26.4 Å². The van der Waals surface area contributed by atoms with Gasteiger partial charge in [0.15, 0.2) is 0 Å². The van der Waals surface area contributed by atoms with Crippen LogP contribution in [-0.4, -0.2) is 115 Å². The third kappa shape index (κ3) is 13.0. The van der Waals surface area contributed by atoms with Crippen molar-refractivity contribution < 1.29 is 49.3 Å². The second-order valence-electron chi connectivity index (χ2n) is 7.21. The molecule has 0 bridgehead atoms. The van der Waals surface area contributed by atoms with E-state index >= 15 is 0 Å². The van der Waals surface area contributed by atoms with Crippen molar-refractivity contribution in [3.05, 3.63) is 0 Å². The van der Waals surface area contributed by atoms with Crippen LogP contribution in [-0.2, 0) is 49.3 Å². The van der Waals surface area contributed by atoms with E-state index in [0.29, 0.717) is 51.2 Å². The van der Waals surface area contributed by atoms with E-state index in [1.165, 1.54) is 0 Å². The lowest BCUT2D eigenvalue weighted by atomic mass is 10.5. The van der Waals surface area contributed by atoms with Crippen molar-refractivity contribution in [2.45, 2.75) is 51.4 Å². The average Bonchev–Trinajstić information content (AvgIpc) is 3.68. The Morgan fingerprint density at radius 1 is 0.618 bits per heavy atom. The highest BCUT2D eigenvalue weighted by atomic mass is 28.4. The molecule has 34 heavy (non-hydrogen) atoms. The zero-order chi connectivity index (χ0) is 25.9. The number of hydrogen-bond acceptors (Lipinski definition) is 11. The minimum absolute atomic E-state index is 0.331. The van der Waals surface area contributed by atoms with E-state index < -0.39 is 26.4 Å². The summed E-state index contributed by atoms with van der Waals surface area (Å²) in [6, 6.07) is 2.00. The van der Waals surface area contributed by atoms with E-state index in [2.05, 4.69) is 0 Å².